The molecule has 0 aliphatic carbocycles. The highest BCUT2D eigenvalue weighted by atomic mass is 32.2. The van der Waals surface area contributed by atoms with Crippen LogP contribution in [0.15, 0.2) is 59.8 Å². The number of pyridine rings is 1. The third-order valence-electron chi connectivity index (χ3n) is 4.49. The van der Waals surface area contributed by atoms with Crippen LogP contribution < -0.4 is 14.2 Å². The molecule has 0 radical (unpaired) electrons. The highest BCUT2D eigenvalue weighted by Crippen LogP contribution is 2.33. The number of nitrogens with one attached hydrogen (secondary N) is 1. The van der Waals surface area contributed by atoms with Crippen LogP contribution in [-0.4, -0.2) is 24.9 Å². The molecule has 0 unspecified atom stereocenters. The van der Waals surface area contributed by atoms with Crippen molar-refractivity contribution in [3.05, 3.63) is 70.3 Å². The molecule has 1 N–H and O–H groups in total. The number of hydrogen-bond donors (Lipinski definition) is 1. The fourth-order valence-electron chi connectivity index (χ4n) is 3.15. The van der Waals surface area contributed by atoms with Crippen molar-refractivity contribution < 1.29 is 17.9 Å². The third kappa shape index (κ3) is 4.12. The van der Waals surface area contributed by atoms with Gasteiger partial charge in [0.25, 0.3) is 10.0 Å². The van der Waals surface area contributed by atoms with Crippen LogP contribution >= 0.6 is 11.3 Å². The Labute approximate surface area is 179 Å². The molecular weight excluding hydrogens is 422 g/mol. The Hall–Kier alpha value is -3.04. The standard InChI is InChI=1S/C21H21N3O4S2/c1-14-10-20(15(2)29-14)30(25,26)23-16-7-8-18(27-3)19(11-16)28-13-17-12-24-9-5-4-6-21(24)22-17/h4-12,23H,13H2,1-3H3. The van der Waals surface area contributed by atoms with E-state index in [4.69, 9.17) is 9.47 Å². The Morgan fingerprint density at radius 2 is 1.97 bits per heavy atom. The van der Waals surface area contributed by atoms with Gasteiger partial charge in [-0.3, -0.25) is 4.72 Å². The molecule has 30 heavy (non-hydrogen) atoms. The number of nitrogens with zero attached hydrogens (tertiary/aromatic N) is 2. The average molecular weight is 444 g/mol. The van der Waals surface area contributed by atoms with E-state index < -0.39 is 10.0 Å². The summed E-state index contributed by atoms with van der Waals surface area (Å²) in [5.41, 5.74) is 1.97. The van der Waals surface area contributed by atoms with Crippen LogP contribution in [-0.2, 0) is 16.6 Å². The number of thiophene rings is 1. The minimum Gasteiger partial charge on any atom is -0.493 e. The molecule has 0 amide bonds. The second-order valence-corrected chi connectivity index (χ2v) is 9.85. The predicted molar refractivity (Wildman–Crippen MR) is 117 cm³/mol. The number of aryl methyl sites for hydroxylation is 2. The van der Waals surface area contributed by atoms with Crippen molar-refractivity contribution in [1.82, 2.24) is 9.38 Å². The number of benzene rings is 1. The van der Waals surface area contributed by atoms with Gasteiger partial charge in [0.1, 0.15) is 17.1 Å². The normalized spacial score (nSPS) is 11.6. The van der Waals surface area contributed by atoms with Crippen molar-refractivity contribution in [1.29, 1.82) is 0 Å². The first-order valence-electron chi connectivity index (χ1n) is 9.19. The van der Waals surface area contributed by atoms with Gasteiger partial charge in [0.15, 0.2) is 11.5 Å². The van der Waals surface area contributed by atoms with Gasteiger partial charge in [0, 0.05) is 28.2 Å². The molecule has 3 heterocycles. The lowest BCUT2D eigenvalue weighted by Crippen LogP contribution is -2.13. The molecule has 0 aliphatic rings. The SMILES string of the molecule is COc1ccc(NS(=O)(=O)c2cc(C)sc2C)cc1OCc1cn2ccccc2n1. The Bertz CT molecular complexity index is 1280. The topological polar surface area (TPSA) is 81.9 Å². The number of imidazole rings is 1. The summed E-state index contributed by atoms with van der Waals surface area (Å²) in [7, 11) is -2.16. The first-order chi connectivity index (χ1) is 14.4. The number of rotatable bonds is 7. The van der Waals surface area contributed by atoms with Gasteiger partial charge < -0.3 is 13.9 Å². The summed E-state index contributed by atoms with van der Waals surface area (Å²) in [5, 5.41) is 0. The number of hydrogen-bond acceptors (Lipinski definition) is 6. The molecule has 0 aliphatic heterocycles. The van der Waals surface area contributed by atoms with Gasteiger partial charge in [-0.15, -0.1) is 11.3 Å². The van der Waals surface area contributed by atoms with Crippen LogP contribution in [0.25, 0.3) is 5.65 Å². The summed E-state index contributed by atoms with van der Waals surface area (Å²) < 4.78 is 41.4. The van der Waals surface area contributed by atoms with Gasteiger partial charge in [0.2, 0.25) is 0 Å². The van der Waals surface area contributed by atoms with Gasteiger partial charge in [-0.05, 0) is 44.2 Å². The Balaban J connectivity index is 1.56. The first-order valence-corrected chi connectivity index (χ1v) is 11.5. The molecule has 9 heteroatoms. The summed E-state index contributed by atoms with van der Waals surface area (Å²) in [6.45, 7) is 3.90. The Kier molecular flexibility index (Phi) is 5.40. The Morgan fingerprint density at radius 1 is 1.13 bits per heavy atom. The van der Waals surface area contributed by atoms with Crippen molar-refractivity contribution in [2.24, 2.45) is 0 Å². The maximum Gasteiger partial charge on any atom is 0.263 e. The number of sulfonamides is 1. The largest absolute Gasteiger partial charge is 0.493 e. The number of aromatic nitrogens is 2. The molecule has 0 atom stereocenters. The van der Waals surface area contributed by atoms with Crippen LogP contribution in [0.3, 0.4) is 0 Å². The number of fused-ring (bicyclic) bond motifs is 1. The molecule has 7 nitrogen and oxygen atoms in total. The number of methoxy groups -OCH3 is 1. The van der Waals surface area contributed by atoms with E-state index in [2.05, 4.69) is 9.71 Å². The fourth-order valence-corrected chi connectivity index (χ4v) is 5.75. The van der Waals surface area contributed by atoms with Crippen LogP contribution in [0.5, 0.6) is 11.5 Å². The molecule has 1 aromatic carbocycles. The minimum absolute atomic E-state index is 0.219. The van der Waals surface area contributed by atoms with Crippen molar-refractivity contribution in [3.63, 3.8) is 0 Å². The van der Waals surface area contributed by atoms with Crippen LogP contribution in [0.4, 0.5) is 5.69 Å². The van der Waals surface area contributed by atoms with E-state index in [1.807, 2.05) is 41.9 Å². The lowest BCUT2D eigenvalue weighted by Gasteiger charge is -2.13. The molecule has 0 fully saturated rings. The monoisotopic (exact) mass is 443 g/mol. The number of anilines is 1. The van der Waals surface area contributed by atoms with E-state index in [0.717, 1.165) is 21.1 Å². The minimum atomic E-state index is -3.70. The summed E-state index contributed by atoms with van der Waals surface area (Å²) in [6, 6.07) is 12.4. The highest BCUT2D eigenvalue weighted by molar-refractivity contribution is 7.93. The molecule has 0 saturated heterocycles. The van der Waals surface area contributed by atoms with Crippen LogP contribution in [0.2, 0.25) is 0 Å². The van der Waals surface area contributed by atoms with Gasteiger partial charge in [-0.1, -0.05) is 6.07 Å². The molecule has 156 valence electrons. The second kappa shape index (κ2) is 8.00. The quantitative estimate of drug-likeness (QED) is 0.458. The van der Waals surface area contributed by atoms with E-state index in [-0.39, 0.29) is 11.5 Å². The van der Waals surface area contributed by atoms with Crippen LogP contribution in [0.1, 0.15) is 15.4 Å². The van der Waals surface area contributed by atoms with Gasteiger partial charge in [-0.2, -0.15) is 0 Å². The first kappa shape index (κ1) is 20.2. The summed E-state index contributed by atoms with van der Waals surface area (Å²) in [4.78, 5) is 6.48. The van der Waals surface area contributed by atoms with Gasteiger partial charge >= 0.3 is 0 Å². The van der Waals surface area contributed by atoms with E-state index in [1.165, 1.54) is 18.4 Å². The Morgan fingerprint density at radius 3 is 2.67 bits per heavy atom. The molecule has 0 bridgehead atoms. The third-order valence-corrected chi connectivity index (χ3v) is 7.09. The van der Waals surface area contributed by atoms with Crippen molar-refractivity contribution in [2.75, 3.05) is 11.8 Å². The van der Waals surface area contributed by atoms with Crippen molar-refractivity contribution in [3.8, 4) is 11.5 Å². The van der Waals surface area contributed by atoms with Crippen LogP contribution in [0, 0.1) is 13.8 Å². The lowest BCUT2D eigenvalue weighted by molar-refractivity contribution is 0.281. The highest BCUT2D eigenvalue weighted by Gasteiger charge is 2.20. The molecule has 0 spiro atoms. The molecule has 0 saturated carbocycles. The van der Waals surface area contributed by atoms with E-state index in [0.29, 0.717) is 17.2 Å². The zero-order valence-electron chi connectivity index (χ0n) is 16.7. The summed E-state index contributed by atoms with van der Waals surface area (Å²) >= 11 is 1.45. The van der Waals surface area contributed by atoms with E-state index in [1.54, 1.807) is 31.2 Å². The fraction of sp³-hybridized carbons (Fsp3) is 0.190. The molecule has 4 aromatic rings. The summed E-state index contributed by atoms with van der Waals surface area (Å²) in [6.07, 6.45) is 3.80. The maximum absolute atomic E-state index is 12.8. The number of ether oxygens (including phenoxy) is 2. The maximum atomic E-state index is 12.8. The van der Waals surface area contributed by atoms with E-state index >= 15 is 0 Å². The van der Waals surface area contributed by atoms with Gasteiger partial charge in [-0.25, -0.2) is 13.4 Å². The smallest absolute Gasteiger partial charge is 0.263 e. The lowest BCUT2D eigenvalue weighted by atomic mass is 10.3. The van der Waals surface area contributed by atoms with E-state index in [9.17, 15) is 8.42 Å². The predicted octanol–water partition coefficient (Wildman–Crippen LogP) is 4.40. The van der Waals surface area contributed by atoms with Gasteiger partial charge in [0.05, 0.1) is 18.5 Å². The average Bonchev–Trinajstić information content (AvgIpc) is 3.28. The molecule has 3 aromatic heterocycles. The van der Waals surface area contributed by atoms with Crippen molar-refractivity contribution in [2.45, 2.75) is 25.3 Å². The zero-order chi connectivity index (χ0) is 21.3. The molecular formula is C21H21N3O4S2. The van der Waals surface area contributed by atoms with Crippen molar-refractivity contribution >= 4 is 32.7 Å². The zero-order valence-corrected chi connectivity index (χ0v) is 18.4. The second-order valence-electron chi connectivity index (χ2n) is 6.74. The summed E-state index contributed by atoms with van der Waals surface area (Å²) in [5.74, 6) is 0.928. The molecule has 4 rings (SSSR count).